The first-order valence-electron chi connectivity index (χ1n) is 5.09. The Morgan fingerprint density at radius 3 is 2.81 bits per heavy atom. The molecule has 0 fully saturated rings. The summed E-state index contributed by atoms with van der Waals surface area (Å²) >= 11 is 1.64. The van der Waals surface area contributed by atoms with Crippen LogP contribution in [0.4, 0.5) is 0 Å². The standard InChI is InChI=1S/C11H15NO3S/c1-3-15-11(14)10(13)12(2)7-6-9-5-4-8-16-9/h4-5,8H,3,6-7H2,1-2H3. The lowest BCUT2D eigenvalue weighted by atomic mass is 10.3. The Morgan fingerprint density at radius 2 is 2.25 bits per heavy atom. The summed E-state index contributed by atoms with van der Waals surface area (Å²) in [5.41, 5.74) is 0. The predicted octanol–water partition coefficient (Wildman–Crippen LogP) is 1.31. The highest BCUT2D eigenvalue weighted by Crippen LogP contribution is 2.09. The highest BCUT2D eigenvalue weighted by Gasteiger charge is 2.19. The van der Waals surface area contributed by atoms with Gasteiger partial charge in [0.1, 0.15) is 0 Å². The maximum Gasteiger partial charge on any atom is 0.396 e. The van der Waals surface area contributed by atoms with Gasteiger partial charge in [-0.25, -0.2) is 4.79 Å². The number of hydrogen-bond acceptors (Lipinski definition) is 4. The molecule has 88 valence electrons. The van der Waals surface area contributed by atoms with E-state index in [0.29, 0.717) is 6.54 Å². The number of likely N-dealkylation sites (N-methyl/N-ethyl adjacent to an activating group) is 1. The van der Waals surface area contributed by atoms with E-state index >= 15 is 0 Å². The van der Waals surface area contributed by atoms with Gasteiger partial charge in [-0.05, 0) is 24.8 Å². The van der Waals surface area contributed by atoms with Crippen molar-refractivity contribution in [3.8, 4) is 0 Å². The van der Waals surface area contributed by atoms with E-state index in [1.165, 1.54) is 9.78 Å². The van der Waals surface area contributed by atoms with E-state index in [1.54, 1.807) is 25.3 Å². The molecular formula is C11H15NO3S. The third-order valence-electron chi connectivity index (χ3n) is 2.07. The zero-order valence-corrected chi connectivity index (χ0v) is 10.3. The van der Waals surface area contributed by atoms with E-state index in [0.717, 1.165) is 6.42 Å². The topological polar surface area (TPSA) is 46.6 Å². The molecular weight excluding hydrogens is 226 g/mol. The number of amides is 1. The van der Waals surface area contributed by atoms with E-state index in [4.69, 9.17) is 0 Å². The Morgan fingerprint density at radius 1 is 1.50 bits per heavy atom. The summed E-state index contributed by atoms with van der Waals surface area (Å²) in [6.07, 6.45) is 0.763. The van der Waals surface area contributed by atoms with Gasteiger partial charge in [-0.3, -0.25) is 4.79 Å². The van der Waals surface area contributed by atoms with Gasteiger partial charge < -0.3 is 9.64 Å². The summed E-state index contributed by atoms with van der Waals surface area (Å²) in [7, 11) is 1.60. The normalized spacial score (nSPS) is 9.88. The number of carbonyl (C=O) groups excluding carboxylic acids is 2. The second kappa shape index (κ2) is 6.27. The SMILES string of the molecule is CCOC(=O)C(=O)N(C)CCc1cccs1. The van der Waals surface area contributed by atoms with Crippen molar-refractivity contribution in [2.45, 2.75) is 13.3 Å². The van der Waals surface area contributed by atoms with Crippen LogP contribution in [0.3, 0.4) is 0 Å². The molecule has 0 atom stereocenters. The Hall–Kier alpha value is -1.36. The summed E-state index contributed by atoms with van der Waals surface area (Å²) in [5, 5.41) is 1.99. The second-order valence-corrected chi connectivity index (χ2v) is 4.31. The molecule has 16 heavy (non-hydrogen) atoms. The summed E-state index contributed by atoms with van der Waals surface area (Å²) in [6.45, 7) is 2.43. The molecule has 1 aromatic rings. The molecule has 4 nitrogen and oxygen atoms in total. The number of rotatable bonds is 4. The molecule has 0 aliphatic carbocycles. The summed E-state index contributed by atoms with van der Waals surface area (Å²) < 4.78 is 4.63. The fourth-order valence-corrected chi connectivity index (χ4v) is 1.88. The van der Waals surface area contributed by atoms with Gasteiger partial charge in [-0.1, -0.05) is 6.07 Å². The van der Waals surface area contributed by atoms with Crippen molar-refractivity contribution in [1.29, 1.82) is 0 Å². The first-order valence-corrected chi connectivity index (χ1v) is 5.97. The molecule has 0 aliphatic heterocycles. The first-order chi connectivity index (χ1) is 7.65. The minimum absolute atomic E-state index is 0.226. The smallest absolute Gasteiger partial charge is 0.396 e. The molecule has 0 N–H and O–H groups in total. The van der Waals surface area contributed by atoms with E-state index < -0.39 is 11.9 Å². The third-order valence-corrected chi connectivity index (χ3v) is 3.01. The second-order valence-electron chi connectivity index (χ2n) is 3.28. The van der Waals surface area contributed by atoms with Crippen LogP contribution in [0.25, 0.3) is 0 Å². The lowest BCUT2D eigenvalue weighted by Crippen LogP contribution is -2.35. The summed E-state index contributed by atoms with van der Waals surface area (Å²) in [6, 6.07) is 3.97. The van der Waals surface area contributed by atoms with Crippen LogP contribution in [0, 0.1) is 0 Å². The maximum absolute atomic E-state index is 11.4. The number of esters is 1. The number of carbonyl (C=O) groups is 2. The van der Waals surface area contributed by atoms with Gasteiger partial charge in [-0.2, -0.15) is 0 Å². The zero-order chi connectivity index (χ0) is 12.0. The van der Waals surface area contributed by atoms with Crippen LogP contribution < -0.4 is 0 Å². The fourth-order valence-electron chi connectivity index (χ4n) is 1.18. The molecule has 0 radical (unpaired) electrons. The van der Waals surface area contributed by atoms with Gasteiger partial charge in [0, 0.05) is 18.5 Å². The number of nitrogens with zero attached hydrogens (tertiary/aromatic N) is 1. The highest BCUT2D eigenvalue weighted by molar-refractivity contribution is 7.09. The number of hydrogen-bond donors (Lipinski definition) is 0. The Kier molecular flexibility index (Phi) is 4.98. The molecule has 0 saturated carbocycles. The van der Waals surface area contributed by atoms with Gasteiger partial charge in [0.2, 0.25) is 0 Å². The van der Waals surface area contributed by atoms with Crippen molar-refractivity contribution >= 4 is 23.2 Å². The fraction of sp³-hybridized carbons (Fsp3) is 0.455. The molecule has 0 unspecified atom stereocenters. The van der Waals surface area contributed by atoms with Crippen molar-refractivity contribution in [3.05, 3.63) is 22.4 Å². The minimum atomic E-state index is -0.781. The monoisotopic (exact) mass is 241 g/mol. The van der Waals surface area contributed by atoms with Gasteiger partial charge in [-0.15, -0.1) is 11.3 Å². The lowest BCUT2D eigenvalue weighted by molar-refractivity contribution is -0.159. The van der Waals surface area contributed by atoms with Crippen molar-refractivity contribution < 1.29 is 14.3 Å². The molecule has 1 rings (SSSR count). The van der Waals surface area contributed by atoms with Gasteiger partial charge in [0.05, 0.1) is 6.61 Å². The molecule has 0 spiro atoms. The van der Waals surface area contributed by atoms with Gasteiger partial charge in [0.15, 0.2) is 0 Å². The number of thiophene rings is 1. The molecule has 0 aromatic carbocycles. The van der Waals surface area contributed by atoms with Crippen LogP contribution in [0.5, 0.6) is 0 Å². The van der Waals surface area contributed by atoms with Gasteiger partial charge in [0.25, 0.3) is 0 Å². The van der Waals surface area contributed by atoms with E-state index in [9.17, 15) is 9.59 Å². The minimum Gasteiger partial charge on any atom is -0.459 e. The predicted molar refractivity (Wildman–Crippen MR) is 62.3 cm³/mol. The summed E-state index contributed by atoms with van der Waals surface area (Å²) in [5.74, 6) is -1.37. The quantitative estimate of drug-likeness (QED) is 0.590. The molecule has 1 aromatic heterocycles. The van der Waals surface area contributed by atoms with Crippen LogP contribution in [0.1, 0.15) is 11.8 Å². The first kappa shape index (κ1) is 12.7. The van der Waals surface area contributed by atoms with E-state index in [-0.39, 0.29) is 6.61 Å². The lowest BCUT2D eigenvalue weighted by Gasteiger charge is -2.15. The van der Waals surface area contributed by atoms with Crippen molar-refractivity contribution in [2.75, 3.05) is 20.2 Å². The molecule has 1 amide bonds. The van der Waals surface area contributed by atoms with E-state index in [2.05, 4.69) is 4.74 Å². The van der Waals surface area contributed by atoms with Crippen LogP contribution in [-0.4, -0.2) is 37.0 Å². The zero-order valence-electron chi connectivity index (χ0n) is 9.43. The molecule has 0 aliphatic rings. The van der Waals surface area contributed by atoms with Crippen LogP contribution in [-0.2, 0) is 20.7 Å². The van der Waals surface area contributed by atoms with Crippen molar-refractivity contribution in [2.24, 2.45) is 0 Å². The number of ether oxygens (including phenoxy) is 1. The van der Waals surface area contributed by atoms with Crippen LogP contribution >= 0.6 is 11.3 Å². The average molecular weight is 241 g/mol. The Labute approximate surface area is 98.8 Å². The van der Waals surface area contributed by atoms with Crippen molar-refractivity contribution in [1.82, 2.24) is 4.90 Å². The Bertz CT molecular complexity index is 348. The largest absolute Gasteiger partial charge is 0.459 e. The molecule has 1 heterocycles. The molecule has 0 bridgehead atoms. The maximum atomic E-state index is 11.4. The summed E-state index contributed by atoms with van der Waals surface area (Å²) in [4.78, 5) is 25.2. The average Bonchev–Trinajstić information content (AvgIpc) is 2.78. The molecule has 5 heteroatoms. The third kappa shape index (κ3) is 3.66. The Balaban J connectivity index is 2.37. The van der Waals surface area contributed by atoms with Gasteiger partial charge >= 0.3 is 11.9 Å². The van der Waals surface area contributed by atoms with E-state index in [1.807, 2.05) is 17.5 Å². The van der Waals surface area contributed by atoms with Crippen LogP contribution in [0.15, 0.2) is 17.5 Å². The van der Waals surface area contributed by atoms with Crippen molar-refractivity contribution in [3.63, 3.8) is 0 Å². The highest BCUT2D eigenvalue weighted by atomic mass is 32.1. The molecule has 0 saturated heterocycles. The van der Waals surface area contributed by atoms with Crippen LogP contribution in [0.2, 0.25) is 0 Å².